The Morgan fingerprint density at radius 2 is 2.08 bits per heavy atom. The van der Waals surface area contributed by atoms with E-state index in [0.717, 1.165) is 16.5 Å². The molecular weight excluding hydrogens is 500 g/mol. The molecule has 2 aliphatic rings. The minimum atomic E-state index is -2.33. The summed E-state index contributed by atoms with van der Waals surface area (Å²) in [5.74, 6) is -1.42. The van der Waals surface area contributed by atoms with Crippen LogP contribution in [0.25, 0.3) is 22.3 Å². The van der Waals surface area contributed by atoms with Crippen molar-refractivity contribution in [1.82, 2.24) is 9.55 Å². The first-order chi connectivity index (χ1) is 18.1. The fourth-order valence-corrected chi connectivity index (χ4v) is 7.51. The summed E-state index contributed by atoms with van der Waals surface area (Å²) in [4.78, 5) is 45.1. The SMILES string of the molecule is CCC1(OC(=O)C(N)[Si](C)(C)CCCC#N)C(=O)OCc2c1cc1n(c2=O)Cc2cc3ccccc3nc2-1. The van der Waals surface area contributed by atoms with Crippen LogP contribution >= 0.6 is 0 Å². The molecule has 0 fully saturated rings. The van der Waals surface area contributed by atoms with Gasteiger partial charge in [-0.2, -0.15) is 5.26 Å². The molecule has 2 unspecified atom stereocenters. The number of unbranched alkanes of at least 4 members (excludes halogenated alkanes) is 1. The maximum atomic E-state index is 13.7. The van der Waals surface area contributed by atoms with Crippen LogP contribution in [0.1, 0.15) is 42.9 Å². The number of nitrogens with zero attached hydrogens (tertiary/aromatic N) is 3. The third-order valence-corrected chi connectivity index (χ3v) is 11.4. The number of para-hydroxylation sites is 1. The molecule has 0 saturated carbocycles. The Morgan fingerprint density at radius 3 is 2.82 bits per heavy atom. The number of carbonyl (C=O) groups is 2. The Kier molecular flexibility index (Phi) is 6.45. The summed E-state index contributed by atoms with van der Waals surface area (Å²) >= 11 is 0. The molecule has 9 nitrogen and oxygen atoms in total. The van der Waals surface area contributed by atoms with Gasteiger partial charge in [-0.3, -0.25) is 9.59 Å². The monoisotopic (exact) mass is 530 g/mol. The zero-order valence-corrected chi connectivity index (χ0v) is 22.7. The van der Waals surface area contributed by atoms with Gasteiger partial charge in [0.05, 0.1) is 48.8 Å². The first kappa shape index (κ1) is 25.8. The number of hydrogen-bond donors (Lipinski definition) is 1. The van der Waals surface area contributed by atoms with Crippen molar-refractivity contribution in [2.75, 3.05) is 0 Å². The minimum Gasteiger partial charge on any atom is -0.457 e. The fraction of sp³-hybridized carbons (Fsp3) is 0.393. The molecule has 38 heavy (non-hydrogen) atoms. The van der Waals surface area contributed by atoms with E-state index >= 15 is 0 Å². The van der Waals surface area contributed by atoms with Crippen LogP contribution in [-0.4, -0.2) is 35.2 Å². The Balaban J connectivity index is 1.58. The van der Waals surface area contributed by atoms with Gasteiger partial charge >= 0.3 is 11.9 Å². The number of pyridine rings is 2. The van der Waals surface area contributed by atoms with E-state index in [1.54, 1.807) is 17.6 Å². The van der Waals surface area contributed by atoms with Gasteiger partial charge < -0.3 is 19.8 Å². The zero-order valence-electron chi connectivity index (χ0n) is 21.7. The topological polar surface area (TPSA) is 137 Å². The standard InChI is InChI=1S/C28H30N4O5Si/c1-4-28(37-26(34)24(30)38(2,3)12-8-7-11-29)20-14-22-23-18(13-17-9-5-6-10-21(17)31-23)15-32(22)25(33)19(20)16-36-27(28)35/h5-6,9-10,13-14,24H,4,7-8,12,15-16,30H2,1-3H3. The predicted molar refractivity (Wildman–Crippen MR) is 144 cm³/mol. The maximum Gasteiger partial charge on any atom is 0.355 e. The molecule has 0 saturated heterocycles. The Labute approximate surface area is 221 Å². The average Bonchev–Trinajstić information content (AvgIpc) is 3.26. The van der Waals surface area contributed by atoms with Crippen molar-refractivity contribution in [3.63, 3.8) is 0 Å². The molecule has 0 radical (unpaired) electrons. The number of nitrogens with two attached hydrogens (primary N) is 1. The Bertz CT molecular complexity index is 1570. The first-order valence-corrected chi connectivity index (χ1v) is 16.1. The van der Waals surface area contributed by atoms with Crippen LogP contribution in [0.3, 0.4) is 0 Å². The molecule has 2 aromatic heterocycles. The highest BCUT2D eigenvalue weighted by Gasteiger charge is 2.52. The van der Waals surface area contributed by atoms with E-state index < -0.39 is 31.3 Å². The van der Waals surface area contributed by atoms with Gasteiger partial charge in [0.15, 0.2) is 0 Å². The van der Waals surface area contributed by atoms with Crippen molar-refractivity contribution in [3.8, 4) is 17.5 Å². The number of cyclic esters (lactones) is 1. The minimum absolute atomic E-state index is 0.0780. The molecule has 0 aliphatic carbocycles. The lowest BCUT2D eigenvalue weighted by Crippen LogP contribution is -2.57. The molecule has 1 aromatic carbocycles. The molecular formula is C28H30N4O5Si. The van der Waals surface area contributed by atoms with Gasteiger partial charge in [0.2, 0.25) is 5.60 Å². The lowest BCUT2D eigenvalue weighted by molar-refractivity contribution is -0.189. The van der Waals surface area contributed by atoms with Crippen LogP contribution in [0.4, 0.5) is 0 Å². The highest BCUT2D eigenvalue weighted by molar-refractivity contribution is 6.81. The lowest BCUT2D eigenvalue weighted by atomic mass is 9.85. The molecule has 0 bridgehead atoms. The van der Waals surface area contributed by atoms with Crippen LogP contribution < -0.4 is 11.3 Å². The molecule has 5 rings (SSSR count). The summed E-state index contributed by atoms with van der Waals surface area (Å²) in [6.45, 7) is 5.81. The predicted octanol–water partition coefficient (Wildman–Crippen LogP) is 3.51. The zero-order chi connectivity index (χ0) is 27.2. The van der Waals surface area contributed by atoms with Gasteiger partial charge in [-0.1, -0.05) is 44.3 Å². The van der Waals surface area contributed by atoms with Crippen molar-refractivity contribution in [3.05, 3.63) is 63.4 Å². The largest absolute Gasteiger partial charge is 0.457 e. The van der Waals surface area contributed by atoms with Crippen molar-refractivity contribution in [2.45, 2.75) is 69.7 Å². The molecule has 4 heterocycles. The van der Waals surface area contributed by atoms with E-state index in [4.69, 9.17) is 25.5 Å². The molecule has 2 N–H and O–H groups in total. The lowest BCUT2D eigenvalue weighted by Gasteiger charge is -2.37. The van der Waals surface area contributed by atoms with Crippen LogP contribution in [0.2, 0.25) is 19.1 Å². The van der Waals surface area contributed by atoms with Gasteiger partial charge in [-0.15, -0.1) is 0 Å². The Morgan fingerprint density at radius 1 is 1.32 bits per heavy atom. The van der Waals surface area contributed by atoms with Crippen LogP contribution in [-0.2, 0) is 37.8 Å². The van der Waals surface area contributed by atoms with E-state index in [2.05, 4.69) is 6.07 Å². The number of fused-ring (bicyclic) bond motifs is 5. The van der Waals surface area contributed by atoms with Crippen molar-refractivity contribution >= 4 is 30.9 Å². The normalized spacial score (nSPS) is 18.7. The second-order valence-electron chi connectivity index (χ2n) is 10.7. The number of aromatic nitrogens is 2. The maximum absolute atomic E-state index is 13.7. The van der Waals surface area contributed by atoms with Crippen LogP contribution in [0.15, 0.2) is 41.2 Å². The highest BCUT2D eigenvalue weighted by atomic mass is 28.3. The Hall–Kier alpha value is -3.81. The number of rotatable bonds is 7. The molecule has 10 heteroatoms. The second kappa shape index (κ2) is 9.49. The number of benzene rings is 1. The second-order valence-corrected chi connectivity index (χ2v) is 15.8. The summed E-state index contributed by atoms with van der Waals surface area (Å²) in [5, 5.41) is 9.85. The molecule has 0 amide bonds. The quantitative estimate of drug-likeness (QED) is 0.218. The van der Waals surface area contributed by atoms with Gasteiger partial charge in [0, 0.05) is 22.9 Å². The van der Waals surface area contributed by atoms with E-state index in [-0.39, 0.29) is 18.6 Å². The third kappa shape index (κ3) is 4.03. The van der Waals surface area contributed by atoms with E-state index in [1.807, 2.05) is 43.4 Å². The number of hydrogen-bond acceptors (Lipinski definition) is 8. The molecule has 0 spiro atoms. The number of esters is 2. The van der Waals surface area contributed by atoms with Gasteiger partial charge in [-0.05, 0) is 31.0 Å². The number of carbonyl (C=O) groups excluding carboxylic acids is 2. The van der Waals surface area contributed by atoms with Crippen LogP contribution in [0.5, 0.6) is 0 Å². The van der Waals surface area contributed by atoms with Gasteiger partial charge in [0.25, 0.3) is 5.56 Å². The summed E-state index contributed by atoms with van der Waals surface area (Å²) in [6.07, 6.45) is 1.11. The summed E-state index contributed by atoms with van der Waals surface area (Å²) in [6, 6.07) is 14.3. The molecule has 3 aromatic rings. The van der Waals surface area contributed by atoms with Crippen LogP contribution in [0, 0.1) is 11.3 Å². The summed E-state index contributed by atoms with van der Waals surface area (Å²) < 4.78 is 13.0. The number of ether oxygens (including phenoxy) is 2. The third-order valence-electron chi connectivity index (χ3n) is 7.86. The first-order valence-electron chi connectivity index (χ1n) is 12.8. The van der Waals surface area contributed by atoms with Gasteiger partial charge in [0.1, 0.15) is 6.61 Å². The smallest absolute Gasteiger partial charge is 0.355 e. The highest BCUT2D eigenvalue weighted by Crippen LogP contribution is 2.41. The molecule has 2 atom stereocenters. The average molecular weight is 531 g/mol. The molecule has 196 valence electrons. The number of nitriles is 1. The van der Waals surface area contributed by atoms with E-state index in [1.165, 1.54) is 0 Å². The van der Waals surface area contributed by atoms with Gasteiger partial charge in [-0.25, -0.2) is 9.78 Å². The fourth-order valence-electron chi connectivity index (χ4n) is 5.42. The van der Waals surface area contributed by atoms with Crippen molar-refractivity contribution < 1.29 is 19.1 Å². The summed E-state index contributed by atoms with van der Waals surface area (Å²) in [7, 11) is -2.33. The van der Waals surface area contributed by atoms with Crippen molar-refractivity contribution in [1.29, 1.82) is 5.26 Å². The summed E-state index contributed by atoms with van der Waals surface area (Å²) in [5.41, 5.74) is 6.97. The van der Waals surface area contributed by atoms with E-state index in [0.29, 0.717) is 47.9 Å². The van der Waals surface area contributed by atoms with Crippen molar-refractivity contribution in [2.24, 2.45) is 5.73 Å². The molecule has 2 aliphatic heterocycles. The van der Waals surface area contributed by atoms with E-state index in [9.17, 15) is 14.4 Å².